The fourth-order valence-corrected chi connectivity index (χ4v) is 12.7. The summed E-state index contributed by atoms with van der Waals surface area (Å²) in [6.45, 7) is 21.2. The molecule has 7 aromatic carbocycles. The van der Waals surface area contributed by atoms with Gasteiger partial charge in [0, 0.05) is 44.0 Å². The minimum atomic E-state index is -0.556. The van der Waals surface area contributed by atoms with Gasteiger partial charge in [-0.3, -0.25) is 70.8 Å². The Kier molecular flexibility index (Phi) is 30.3. The average molecular weight is 1570 g/mol. The Labute approximate surface area is 650 Å². The molecule has 5 N–H and O–H groups in total. The molecule has 0 aliphatic carbocycles. The minimum absolute atomic E-state index is 0.00724. The van der Waals surface area contributed by atoms with Crippen LogP contribution >= 0.6 is 34.0 Å². The Bertz CT molecular complexity index is 5220. The van der Waals surface area contributed by atoms with Gasteiger partial charge in [-0.05, 0) is 222 Å². The van der Waals surface area contributed by atoms with Gasteiger partial charge >= 0.3 is 11.0 Å². The summed E-state index contributed by atoms with van der Waals surface area (Å²) in [6, 6.07) is 41.0. The predicted molar refractivity (Wildman–Crippen MR) is 427 cm³/mol. The SMILES string of the molecule is CCOC(=O)c1csc(NC(=O)COc2cc(C)cc(C)c2)n1.Cc1cc(C)cc(OCC(=O)Nc2nc3ccc([N+](=O)[O-])cc3s2)c1.Cc1cc(C)cc(OCC(=O)Nc2nc3ccccc3n2C)c1.Cc1cc(C)cc(OCC(=O)Nc2ncc([N+](=O)[O-])s2)c1.Cc1cc(C)cc(OCC(=O)Nc2nccn2C)c1. The van der Waals surface area contributed by atoms with Gasteiger partial charge in [0.05, 0.1) is 37.7 Å². The fraction of sp³-hybridized carbons (Fsp3) is 0.244. The van der Waals surface area contributed by atoms with Crippen molar-refractivity contribution >= 4 is 129 Å². The first-order valence-corrected chi connectivity index (χ1v) is 36.6. The third-order valence-electron chi connectivity index (χ3n) is 14.9. The average Bonchev–Trinajstić information content (AvgIpc) is 1.67. The van der Waals surface area contributed by atoms with E-state index in [0.717, 1.165) is 95.5 Å². The van der Waals surface area contributed by atoms with Gasteiger partial charge in [0.15, 0.2) is 54.1 Å². The molecule has 0 saturated heterocycles. The largest absolute Gasteiger partial charge is 0.484 e. The number of non-ortho nitro benzene ring substituents is 1. The number of fused-ring (bicyclic) bond motifs is 2. The summed E-state index contributed by atoms with van der Waals surface area (Å²) in [6.07, 6.45) is 4.49. The summed E-state index contributed by atoms with van der Waals surface area (Å²) in [5.41, 5.74) is 13.4. The van der Waals surface area contributed by atoms with Gasteiger partial charge in [0.25, 0.3) is 35.2 Å². The lowest BCUT2D eigenvalue weighted by Gasteiger charge is -2.09. The van der Waals surface area contributed by atoms with Crippen LogP contribution in [0.5, 0.6) is 28.7 Å². The number of hydrogen-bond donors (Lipinski definition) is 5. The fourth-order valence-electron chi connectivity index (χ4n) is 10.5. The summed E-state index contributed by atoms with van der Waals surface area (Å²) < 4.78 is 36.5. The highest BCUT2D eigenvalue weighted by molar-refractivity contribution is 7.22. The number of amides is 5. The predicted octanol–water partition coefficient (Wildman–Crippen LogP) is 14.7. The quantitative estimate of drug-likeness (QED) is 0.0213. The number of thiazole rings is 3. The molecular weight excluding hydrogens is 1490 g/mol. The van der Waals surface area contributed by atoms with E-state index in [2.05, 4.69) is 63.6 Å². The number of para-hydroxylation sites is 2. The maximum atomic E-state index is 12.1. The summed E-state index contributed by atoms with van der Waals surface area (Å²) >= 11 is 3.14. The first-order valence-electron chi connectivity index (χ1n) is 34.1. The van der Waals surface area contributed by atoms with E-state index in [1.165, 1.54) is 23.5 Å². The van der Waals surface area contributed by atoms with Gasteiger partial charge in [0.2, 0.25) is 11.9 Å². The number of nitro groups is 2. The molecule has 12 aromatic rings. The van der Waals surface area contributed by atoms with Crippen LogP contribution < -0.4 is 50.3 Å². The number of benzene rings is 7. The van der Waals surface area contributed by atoms with Gasteiger partial charge in [-0.25, -0.2) is 29.7 Å². The van der Waals surface area contributed by atoms with E-state index in [1.807, 2.05) is 191 Å². The van der Waals surface area contributed by atoms with E-state index in [4.69, 9.17) is 28.4 Å². The van der Waals surface area contributed by atoms with Gasteiger partial charge < -0.3 is 37.6 Å². The van der Waals surface area contributed by atoms with E-state index in [0.29, 0.717) is 61.1 Å². The molecule has 0 saturated carbocycles. The number of imidazole rings is 2. The van der Waals surface area contributed by atoms with Gasteiger partial charge in [0.1, 0.15) is 34.9 Å². The Morgan fingerprint density at radius 3 is 1.26 bits per heavy atom. The highest BCUT2D eigenvalue weighted by Gasteiger charge is 2.18. The van der Waals surface area contributed by atoms with E-state index in [1.54, 1.807) is 35.3 Å². The Morgan fingerprint density at radius 1 is 0.450 bits per heavy atom. The second-order valence-electron chi connectivity index (χ2n) is 25.1. The van der Waals surface area contributed by atoms with Crippen LogP contribution in [0.1, 0.15) is 73.0 Å². The number of esters is 1. The zero-order valence-electron chi connectivity index (χ0n) is 63.0. The van der Waals surface area contributed by atoms with Crippen molar-refractivity contribution in [3.63, 3.8) is 0 Å². The number of aryl methyl sites for hydroxylation is 12. The molecule has 0 atom stereocenters. The molecule has 0 aliphatic heterocycles. The van der Waals surface area contributed by atoms with Crippen molar-refractivity contribution in [2.45, 2.75) is 76.2 Å². The number of carbonyl (C=O) groups excluding carboxylic acids is 6. The van der Waals surface area contributed by atoms with E-state index >= 15 is 0 Å². The molecule has 0 aliphatic rings. The first-order chi connectivity index (χ1) is 52.9. The van der Waals surface area contributed by atoms with Gasteiger partial charge in [-0.15, -0.1) is 11.3 Å². The van der Waals surface area contributed by atoms with Crippen molar-refractivity contribution in [1.82, 2.24) is 34.1 Å². The lowest BCUT2D eigenvalue weighted by Crippen LogP contribution is -2.22. The topological polar surface area (TPSA) is 379 Å². The van der Waals surface area contributed by atoms with Crippen LogP contribution in [0.25, 0.3) is 21.3 Å². The first kappa shape index (κ1) is 83.6. The Morgan fingerprint density at radius 2 is 0.865 bits per heavy atom. The molecule has 0 unspecified atom stereocenters. The lowest BCUT2D eigenvalue weighted by atomic mass is 10.1. The van der Waals surface area contributed by atoms with Crippen LogP contribution in [0.4, 0.5) is 38.0 Å². The van der Waals surface area contributed by atoms with Crippen molar-refractivity contribution in [3.8, 4) is 28.7 Å². The van der Waals surface area contributed by atoms with E-state index in [9.17, 15) is 49.0 Å². The summed E-state index contributed by atoms with van der Waals surface area (Å²) in [7, 11) is 3.68. The molecule has 5 heterocycles. The van der Waals surface area contributed by atoms with Crippen LogP contribution in [-0.2, 0) is 42.8 Å². The molecule has 5 amide bonds. The van der Waals surface area contributed by atoms with Gasteiger partial charge in [-0.2, -0.15) is 0 Å². The van der Waals surface area contributed by atoms with Crippen molar-refractivity contribution in [2.24, 2.45) is 14.1 Å². The Hall–Kier alpha value is -13.0. The molecule has 0 spiro atoms. The number of rotatable bonds is 24. The maximum Gasteiger partial charge on any atom is 0.357 e. The molecule has 111 heavy (non-hydrogen) atoms. The van der Waals surface area contributed by atoms with Crippen LogP contribution in [0.3, 0.4) is 0 Å². The second-order valence-corrected chi connectivity index (χ2v) is 28.0. The van der Waals surface area contributed by atoms with Crippen molar-refractivity contribution in [2.75, 3.05) is 66.2 Å². The van der Waals surface area contributed by atoms with Crippen LogP contribution in [0, 0.1) is 89.5 Å². The zero-order valence-corrected chi connectivity index (χ0v) is 65.5. The number of aromatic nitrogens is 7. The number of hydrogen-bond acceptors (Lipinski definition) is 24. The highest BCUT2D eigenvalue weighted by atomic mass is 32.1. The summed E-state index contributed by atoms with van der Waals surface area (Å²) in [4.78, 5) is 112. The standard InChI is InChI=1S/C18H19N3O2.C17H15N3O4S.C16H18N2O4S.C14H17N3O2.C13H13N3O4S/c1-12-8-13(2)10-14(9-12)23-11-17(22)20-18-19-15-6-4-5-7-16(15)21(18)3;1-10-5-11(2)7-13(6-10)24-9-16(21)19-17-18-14-4-3-12(20(22)23)8-15(14)25-17;1-4-21-15(20)13-9-23-16(17-13)18-14(19)8-22-12-6-10(2)5-11(3)7-12;1-10-6-11(2)8-12(7-10)19-9-13(18)16-14-15-4-5-17(14)3;1-8-3-9(2)5-10(4-8)20-7-11(17)15-13-14-6-12(21-13)16(18)19/h4-10H,11H2,1-3H3,(H,19,20,22);3-8H,9H2,1-2H3,(H,18,19,21);5-7,9H,4,8H2,1-3H3,(H,17,18,19);4-8H,9H2,1-3H3,(H,15,16,18);3-6H,7H2,1-2H3,(H,14,15,17). The molecule has 12 rings (SSSR count). The molecule has 30 nitrogen and oxygen atoms in total. The third kappa shape index (κ3) is 27.3. The van der Waals surface area contributed by atoms with Crippen molar-refractivity contribution < 1.29 is 67.0 Å². The van der Waals surface area contributed by atoms with E-state index in [-0.39, 0.29) is 84.8 Å². The van der Waals surface area contributed by atoms with Crippen LogP contribution in [0.15, 0.2) is 157 Å². The zero-order chi connectivity index (χ0) is 80.4. The second kappa shape index (κ2) is 40.3. The monoisotopic (exact) mass is 1570 g/mol. The molecule has 0 radical (unpaired) electrons. The number of anilines is 5. The van der Waals surface area contributed by atoms with Crippen LogP contribution in [-0.4, -0.2) is 119 Å². The highest BCUT2D eigenvalue weighted by Crippen LogP contribution is 2.30. The molecular formula is C78H82N14O16S3. The van der Waals surface area contributed by atoms with Crippen LogP contribution in [0.2, 0.25) is 0 Å². The minimum Gasteiger partial charge on any atom is -0.484 e. The normalized spacial score (nSPS) is 10.4. The number of ether oxygens (including phenoxy) is 6. The molecule has 578 valence electrons. The van der Waals surface area contributed by atoms with Crippen molar-refractivity contribution in [3.05, 3.63) is 239 Å². The lowest BCUT2D eigenvalue weighted by molar-refractivity contribution is -0.384. The molecule has 33 heteroatoms. The molecule has 5 aromatic heterocycles. The van der Waals surface area contributed by atoms with E-state index < -0.39 is 21.7 Å². The maximum absolute atomic E-state index is 12.1. The molecule has 0 fully saturated rings. The summed E-state index contributed by atoms with van der Waals surface area (Å²) in [5.74, 6) is 2.24. The number of nitrogens with zero attached hydrogens (tertiary/aromatic N) is 9. The number of nitro benzene ring substituents is 1. The molecule has 0 bridgehead atoms. The van der Waals surface area contributed by atoms with Gasteiger partial charge in [-0.1, -0.05) is 53.8 Å². The number of nitrogens with one attached hydrogen (secondary N) is 5. The number of carbonyl (C=O) groups is 6. The van der Waals surface area contributed by atoms with Crippen molar-refractivity contribution in [1.29, 1.82) is 0 Å². The smallest absolute Gasteiger partial charge is 0.357 e. The Balaban J connectivity index is 0.000000175. The third-order valence-corrected chi connectivity index (χ3v) is 17.5. The summed E-state index contributed by atoms with van der Waals surface area (Å²) in [5, 5.41) is 36.8.